The molecule has 0 unspecified atom stereocenters. The Morgan fingerprint density at radius 1 is 1.56 bits per heavy atom. The Morgan fingerprint density at radius 3 is 2.75 bits per heavy atom. The van der Waals surface area contributed by atoms with Crippen LogP contribution in [-0.4, -0.2) is 23.3 Å². The number of amides is 1. The van der Waals surface area contributed by atoms with Crippen molar-refractivity contribution in [1.29, 1.82) is 0 Å². The first-order valence-electron chi connectivity index (χ1n) is 5.20. The van der Waals surface area contributed by atoms with Crippen molar-refractivity contribution in [2.24, 2.45) is 0 Å². The lowest BCUT2D eigenvalue weighted by atomic mass is 10.2. The van der Waals surface area contributed by atoms with Gasteiger partial charge in [0.1, 0.15) is 6.61 Å². The van der Waals surface area contributed by atoms with Gasteiger partial charge in [0.05, 0.1) is 17.8 Å². The first kappa shape index (κ1) is 12.7. The molecule has 0 fully saturated rings. The maximum Gasteiger partial charge on any atom is 0.246 e. The Balaban J connectivity index is 2.25. The average Bonchev–Trinajstić information content (AvgIpc) is 2.57. The van der Waals surface area contributed by atoms with Gasteiger partial charge in [-0.1, -0.05) is 5.16 Å². The number of aryl methyl sites for hydroxylation is 1. The minimum Gasteiger partial charge on any atom is -0.366 e. The van der Waals surface area contributed by atoms with Crippen molar-refractivity contribution in [3.05, 3.63) is 17.5 Å². The lowest BCUT2D eigenvalue weighted by Gasteiger charge is -2.18. The van der Waals surface area contributed by atoms with Gasteiger partial charge in [-0.2, -0.15) is 0 Å². The maximum atomic E-state index is 11.4. The maximum absolute atomic E-state index is 11.4. The molecule has 0 radical (unpaired) electrons. The third kappa shape index (κ3) is 4.93. The molecular formula is C11H18N2O3. The van der Waals surface area contributed by atoms with Gasteiger partial charge in [-0.15, -0.1) is 0 Å². The summed E-state index contributed by atoms with van der Waals surface area (Å²) in [6, 6.07) is 1.78. The van der Waals surface area contributed by atoms with Gasteiger partial charge in [-0.3, -0.25) is 4.79 Å². The lowest BCUT2D eigenvalue weighted by molar-refractivity contribution is -0.130. The van der Waals surface area contributed by atoms with E-state index in [4.69, 9.17) is 9.26 Å². The SMILES string of the molecule is Cc1cc(CNC(=O)COC(C)(C)C)on1. The summed E-state index contributed by atoms with van der Waals surface area (Å²) in [4.78, 5) is 11.4. The summed E-state index contributed by atoms with van der Waals surface area (Å²) in [6.07, 6.45) is 0. The van der Waals surface area contributed by atoms with Gasteiger partial charge in [-0.25, -0.2) is 0 Å². The smallest absolute Gasteiger partial charge is 0.246 e. The van der Waals surface area contributed by atoms with Gasteiger partial charge >= 0.3 is 0 Å². The van der Waals surface area contributed by atoms with E-state index in [1.54, 1.807) is 6.07 Å². The number of hydrogen-bond donors (Lipinski definition) is 1. The molecule has 1 aromatic heterocycles. The molecule has 0 bridgehead atoms. The summed E-state index contributed by atoms with van der Waals surface area (Å²) >= 11 is 0. The van der Waals surface area contributed by atoms with Crippen LogP contribution in [0.15, 0.2) is 10.6 Å². The number of carbonyl (C=O) groups is 1. The molecule has 16 heavy (non-hydrogen) atoms. The van der Waals surface area contributed by atoms with Crippen molar-refractivity contribution in [3.63, 3.8) is 0 Å². The molecule has 1 rings (SSSR count). The van der Waals surface area contributed by atoms with Gasteiger partial charge in [-0.05, 0) is 27.7 Å². The van der Waals surface area contributed by atoms with E-state index >= 15 is 0 Å². The second-order valence-corrected chi connectivity index (χ2v) is 4.61. The Kier molecular flexibility index (Phi) is 4.06. The zero-order valence-electron chi connectivity index (χ0n) is 10.2. The standard InChI is InChI=1S/C11H18N2O3/c1-8-5-9(16-13-8)6-12-10(14)7-15-11(2,3)4/h5H,6-7H2,1-4H3,(H,12,14). The molecule has 0 aliphatic heterocycles. The molecule has 5 heteroatoms. The minimum absolute atomic E-state index is 0.0522. The normalized spacial score (nSPS) is 11.5. The molecule has 0 aromatic carbocycles. The van der Waals surface area contributed by atoms with E-state index in [9.17, 15) is 4.79 Å². The molecule has 0 saturated carbocycles. The molecule has 1 N–H and O–H groups in total. The third-order valence-electron chi connectivity index (χ3n) is 1.77. The highest BCUT2D eigenvalue weighted by molar-refractivity contribution is 5.77. The van der Waals surface area contributed by atoms with Crippen LogP contribution in [0.3, 0.4) is 0 Å². The van der Waals surface area contributed by atoms with Crippen LogP contribution < -0.4 is 5.32 Å². The van der Waals surface area contributed by atoms with E-state index in [-0.39, 0.29) is 18.1 Å². The van der Waals surface area contributed by atoms with E-state index in [1.165, 1.54) is 0 Å². The first-order chi connectivity index (χ1) is 7.37. The number of nitrogens with one attached hydrogen (secondary N) is 1. The average molecular weight is 226 g/mol. The van der Waals surface area contributed by atoms with Gasteiger partial charge < -0.3 is 14.6 Å². The summed E-state index contributed by atoms with van der Waals surface area (Å²) in [5, 5.41) is 6.41. The van der Waals surface area contributed by atoms with Gasteiger partial charge in [0.25, 0.3) is 0 Å². The van der Waals surface area contributed by atoms with E-state index < -0.39 is 0 Å². The fourth-order valence-electron chi connectivity index (χ4n) is 1.02. The van der Waals surface area contributed by atoms with Crippen LogP contribution >= 0.6 is 0 Å². The van der Waals surface area contributed by atoms with E-state index in [2.05, 4.69) is 10.5 Å². The van der Waals surface area contributed by atoms with Gasteiger partial charge in [0.15, 0.2) is 5.76 Å². The van der Waals surface area contributed by atoms with Crippen molar-refractivity contribution in [2.75, 3.05) is 6.61 Å². The third-order valence-corrected chi connectivity index (χ3v) is 1.77. The van der Waals surface area contributed by atoms with Crippen LogP contribution in [0.4, 0.5) is 0 Å². The molecule has 90 valence electrons. The highest BCUT2D eigenvalue weighted by Crippen LogP contribution is 2.06. The minimum atomic E-state index is -0.305. The molecule has 0 atom stereocenters. The molecular weight excluding hydrogens is 208 g/mol. The van der Waals surface area contributed by atoms with Crippen LogP contribution in [0.2, 0.25) is 0 Å². The number of carbonyl (C=O) groups excluding carboxylic acids is 1. The zero-order valence-corrected chi connectivity index (χ0v) is 10.2. The Morgan fingerprint density at radius 2 is 2.25 bits per heavy atom. The molecule has 0 saturated heterocycles. The quantitative estimate of drug-likeness (QED) is 0.843. The molecule has 1 heterocycles. The topological polar surface area (TPSA) is 64.4 Å². The number of rotatable bonds is 4. The fourth-order valence-corrected chi connectivity index (χ4v) is 1.02. The van der Waals surface area contributed by atoms with Crippen LogP contribution in [-0.2, 0) is 16.1 Å². The van der Waals surface area contributed by atoms with Crippen LogP contribution in [0, 0.1) is 6.92 Å². The van der Waals surface area contributed by atoms with E-state index in [0.29, 0.717) is 12.3 Å². The second-order valence-electron chi connectivity index (χ2n) is 4.61. The monoisotopic (exact) mass is 226 g/mol. The molecule has 1 amide bonds. The summed E-state index contributed by atoms with van der Waals surface area (Å²) < 4.78 is 10.3. The molecule has 1 aromatic rings. The summed E-state index contributed by atoms with van der Waals surface area (Å²) in [6.45, 7) is 7.93. The largest absolute Gasteiger partial charge is 0.366 e. The van der Waals surface area contributed by atoms with Gasteiger partial charge in [0.2, 0.25) is 5.91 Å². The van der Waals surface area contributed by atoms with Crippen molar-refractivity contribution < 1.29 is 14.1 Å². The van der Waals surface area contributed by atoms with E-state index in [1.807, 2.05) is 27.7 Å². The molecule has 0 aliphatic carbocycles. The number of nitrogens with zero attached hydrogens (tertiary/aromatic N) is 1. The Labute approximate surface area is 95.1 Å². The number of ether oxygens (including phenoxy) is 1. The van der Waals surface area contributed by atoms with Gasteiger partial charge in [0, 0.05) is 6.07 Å². The number of hydrogen-bond acceptors (Lipinski definition) is 4. The summed E-state index contributed by atoms with van der Waals surface area (Å²) in [5.41, 5.74) is 0.496. The second kappa shape index (κ2) is 5.12. The predicted octanol–water partition coefficient (Wildman–Crippen LogP) is 1.41. The van der Waals surface area contributed by atoms with Crippen molar-refractivity contribution in [2.45, 2.75) is 39.8 Å². The Bertz CT molecular complexity index is 352. The zero-order chi connectivity index (χ0) is 12.2. The van der Waals surface area contributed by atoms with Crippen LogP contribution in [0.5, 0.6) is 0 Å². The summed E-state index contributed by atoms with van der Waals surface area (Å²) in [5.74, 6) is 0.477. The highest BCUT2D eigenvalue weighted by atomic mass is 16.5. The Hall–Kier alpha value is -1.36. The van der Waals surface area contributed by atoms with Crippen molar-refractivity contribution in [3.8, 4) is 0 Å². The first-order valence-corrected chi connectivity index (χ1v) is 5.20. The van der Waals surface area contributed by atoms with Crippen molar-refractivity contribution >= 4 is 5.91 Å². The highest BCUT2D eigenvalue weighted by Gasteiger charge is 2.13. The number of aromatic nitrogens is 1. The lowest BCUT2D eigenvalue weighted by Crippen LogP contribution is -2.31. The van der Waals surface area contributed by atoms with E-state index in [0.717, 1.165) is 5.69 Å². The van der Waals surface area contributed by atoms with Crippen molar-refractivity contribution in [1.82, 2.24) is 10.5 Å². The predicted molar refractivity (Wildman–Crippen MR) is 58.8 cm³/mol. The summed E-state index contributed by atoms with van der Waals surface area (Å²) in [7, 11) is 0. The molecule has 5 nitrogen and oxygen atoms in total. The molecule has 0 aliphatic rings. The fraction of sp³-hybridized carbons (Fsp3) is 0.636. The molecule has 0 spiro atoms. The van der Waals surface area contributed by atoms with Crippen LogP contribution in [0.1, 0.15) is 32.2 Å². The van der Waals surface area contributed by atoms with Crippen LogP contribution in [0.25, 0.3) is 0 Å².